The van der Waals surface area contributed by atoms with Crippen LogP contribution in [0.3, 0.4) is 0 Å². The van der Waals surface area contributed by atoms with Crippen LogP contribution in [-0.4, -0.2) is 12.7 Å². The van der Waals surface area contributed by atoms with Crippen molar-refractivity contribution in [2.45, 2.75) is 6.42 Å². The summed E-state index contributed by atoms with van der Waals surface area (Å²) in [6, 6.07) is 3.50. The Morgan fingerprint density at radius 3 is 3.06 bits per heavy atom. The van der Waals surface area contributed by atoms with E-state index < -0.39 is 6.09 Å². The molecule has 2 rings (SSSR count). The van der Waals surface area contributed by atoms with Gasteiger partial charge in [-0.15, -0.1) is 0 Å². The van der Waals surface area contributed by atoms with E-state index in [1.54, 1.807) is 0 Å². The number of nitrogens with two attached hydrogens (primary N) is 1. The first-order chi connectivity index (χ1) is 7.63. The molecular weight excluding hydrogens is 276 g/mol. The summed E-state index contributed by atoms with van der Waals surface area (Å²) in [5.74, 6) is 0.791. The second-order valence-corrected chi connectivity index (χ2v) is 4.02. The summed E-state index contributed by atoms with van der Waals surface area (Å²) in [4.78, 5) is 10.7. The van der Waals surface area contributed by atoms with Gasteiger partial charge in [-0.25, -0.2) is 4.79 Å². The van der Waals surface area contributed by atoms with E-state index in [9.17, 15) is 4.79 Å². The van der Waals surface area contributed by atoms with E-state index >= 15 is 0 Å². The van der Waals surface area contributed by atoms with Crippen LogP contribution in [-0.2, 0) is 6.42 Å². The summed E-state index contributed by atoms with van der Waals surface area (Å²) >= 11 is 3.28. The number of primary amides is 1. The monoisotopic (exact) mass is 282 g/mol. The molecule has 1 amide bonds. The minimum atomic E-state index is -0.942. The number of fused-ring (bicyclic) bond motifs is 1. The smallest absolute Gasteiger partial charge is 0.410 e. The van der Waals surface area contributed by atoms with Gasteiger partial charge in [0.15, 0.2) is 5.75 Å². The van der Waals surface area contributed by atoms with Gasteiger partial charge in [0, 0.05) is 18.1 Å². The normalized spacial score (nSPS) is 12.5. The first-order valence-electron chi connectivity index (χ1n) is 4.49. The second kappa shape index (κ2) is 4.02. The zero-order valence-electron chi connectivity index (χ0n) is 8.12. The maximum Gasteiger partial charge on any atom is 0.410 e. The van der Waals surface area contributed by atoms with Crippen molar-refractivity contribution in [2.24, 2.45) is 5.73 Å². The Labute approximate surface area is 99.9 Å². The van der Waals surface area contributed by atoms with E-state index in [1.807, 2.05) is 6.07 Å². The molecule has 0 fully saturated rings. The van der Waals surface area contributed by atoms with Gasteiger partial charge >= 0.3 is 6.09 Å². The molecule has 0 spiro atoms. The lowest BCUT2D eigenvalue weighted by Gasteiger charge is -2.08. The van der Waals surface area contributed by atoms with Crippen LogP contribution >= 0.6 is 15.9 Å². The minimum Gasteiger partial charge on any atom is -0.492 e. The number of hydrogen-bond acceptors (Lipinski definition) is 4. The quantitative estimate of drug-likeness (QED) is 0.850. The van der Waals surface area contributed by atoms with Crippen LogP contribution in [0.15, 0.2) is 10.5 Å². The van der Waals surface area contributed by atoms with Crippen LogP contribution in [0.4, 0.5) is 4.79 Å². The number of benzene rings is 1. The summed E-state index contributed by atoms with van der Waals surface area (Å²) in [7, 11) is 0. The van der Waals surface area contributed by atoms with Gasteiger partial charge in [0.25, 0.3) is 0 Å². The van der Waals surface area contributed by atoms with Crippen molar-refractivity contribution in [3.05, 3.63) is 21.7 Å². The molecule has 1 heterocycles. The van der Waals surface area contributed by atoms with E-state index in [4.69, 9.17) is 20.5 Å². The number of nitrogens with zero attached hydrogens (tertiary/aromatic N) is 1. The van der Waals surface area contributed by atoms with Crippen LogP contribution in [0.2, 0.25) is 0 Å². The van der Waals surface area contributed by atoms with Crippen LogP contribution in [0.25, 0.3) is 0 Å². The molecule has 0 radical (unpaired) electrons. The van der Waals surface area contributed by atoms with E-state index in [1.165, 1.54) is 6.07 Å². The van der Waals surface area contributed by atoms with Crippen molar-refractivity contribution in [3.8, 4) is 17.6 Å². The average molecular weight is 283 g/mol. The van der Waals surface area contributed by atoms with E-state index in [2.05, 4.69) is 15.9 Å². The fraction of sp³-hybridized carbons (Fsp3) is 0.200. The highest BCUT2D eigenvalue weighted by molar-refractivity contribution is 9.10. The summed E-state index contributed by atoms with van der Waals surface area (Å²) in [5, 5.41) is 9.03. The molecule has 0 atom stereocenters. The Morgan fingerprint density at radius 2 is 2.44 bits per heavy atom. The lowest BCUT2D eigenvalue weighted by molar-refractivity contribution is 0.210. The zero-order chi connectivity index (χ0) is 11.7. The van der Waals surface area contributed by atoms with E-state index in [0.29, 0.717) is 28.8 Å². The van der Waals surface area contributed by atoms with Gasteiger partial charge < -0.3 is 15.2 Å². The van der Waals surface area contributed by atoms with Crippen molar-refractivity contribution in [3.63, 3.8) is 0 Å². The molecule has 0 aliphatic carbocycles. The average Bonchev–Trinajstić information content (AvgIpc) is 2.66. The van der Waals surface area contributed by atoms with Crippen molar-refractivity contribution in [2.75, 3.05) is 6.61 Å². The minimum absolute atomic E-state index is 0.158. The van der Waals surface area contributed by atoms with Crippen LogP contribution < -0.4 is 15.2 Å². The predicted octanol–water partition coefficient (Wildman–Crippen LogP) is 1.71. The van der Waals surface area contributed by atoms with Crippen LogP contribution in [0.1, 0.15) is 11.1 Å². The summed E-state index contributed by atoms with van der Waals surface area (Å²) in [6.07, 6.45) is -0.325. The molecule has 1 aromatic rings. The van der Waals surface area contributed by atoms with E-state index in [-0.39, 0.29) is 5.75 Å². The van der Waals surface area contributed by atoms with Gasteiger partial charge in [0.2, 0.25) is 0 Å². The largest absolute Gasteiger partial charge is 0.492 e. The van der Waals surface area contributed by atoms with Gasteiger partial charge in [-0.05, 0) is 15.9 Å². The highest BCUT2D eigenvalue weighted by Crippen LogP contribution is 2.40. The molecule has 16 heavy (non-hydrogen) atoms. The van der Waals surface area contributed by atoms with Gasteiger partial charge in [0.1, 0.15) is 17.4 Å². The highest BCUT2D eigenvalue weighted by atomic mass is 79.9. The third kappa shape index (κ3) is 1.70. The fourth-order valence-electron chi connectivity index (χ4n) is 1.62. The Kier molecular flexibility index (Phi) is 2.71. The number of nitriles is 1. The van der Waals surface area contributed by atoms with Gasteiger partial charge in [0.05, 0.1) is 11.1 Å². The maximum atomic E-state index is 10.7. The van der Waals surface area contributed by atoms with Gasteiger partial charge in [-0.2, -0.15) is 5.26 Å². The molecule has 5 nitrogen and oxygen atoms in total. The first kappa shape index (κ1) is 10.8. The van der Waals surface area contributed by atoms with Crippen LogP contribution in [0.5, 0.6) is 11.5 Å². The number of carbonyl (C=O) groups is 1. The summed E-state index contributed by atoms with van der Waals surface area (Å²) in [6.45, 7) is 0.517. The number of carbonyl (C=O) groups excluding carboxylic acids is 1. The first-order valence-corrected chi connectivity index (χ1v) is 5.28. The Hall–Kier alpha value is -1.74. The van der Waals surface area contributed by atoms with Crippen molar-refractivity contribution < 1.29 is 14.3 Å². The molecule has 0 saturated heterocycles. The standard InChI is InChI=1S/C10H7BrN2O3/c11-7-3-8(16-10(13)14)6(4-12)5-1-2-15-9(5)7/h3H,1-2H2,(H2,13,14). The third-order valence-electron chi connectivity index (χ3n) is 2.22. The Morgan fingerprint density at radius 1 is 1.69 bits per heavy atom. The Balaban J connectivity index is 2.59. The molecule has 1 aliphatic rings. The topological polar surface area (TPSA) is 85.3 Å². The number of halogens is 1. The number of amides is 1. The number of ether oxygens (including phenoxy) is 2. The second-order valence-electron chi connectivity index (χ2n) is 3.17. The van der Waals surface area contributed by atoms with Gasteiger partial charge in [-0.1, -0.05) is 0 Å². The molecule has 0 aromatic heterocycles. The summed E-state index contributed by atoms with van der Waals surface area (Å²) in [5.41, 5.74) is 5.97. The molecule has 1 aromatic carbocycles. The maximum absolute atomic E-state index is 10.7. The Bertz CT molecular complexity index is 508. The molecule has 0 bridgehead atoms. The molecular formula is C10H7BrN2O3. The third-order valence-corrected chi connectivity index (χ3v) is 2.81. The molecule has 0 saturated carbocycles. The predicted molar refractivity (Wildman–Crippen MR) is 58.3 cm³/mol. The van der Waals surface area contributed by atoms with Crippen molar-refractivity contribution in [1.82, 2.24) is 0 Å². The van der Waals surface area contributed by atoms with Crippen LogP contribution in [0, 0.1) is 11.3 Å². The van der Waals surface area contributed by atoms with Crippen molar-refractivity contribution in [1.29, 1.82) is 5.26 Å². The lowest BCUT2D eigenvalue weighted by atomic mass is 10.1. The summed E-state index contributed by atoms with van der Waals surface area (Å²) < 4.78 is 10.8. The van der Waals surface area contributed by atoms with Gasteiger partial charge in [-0.3, -0.25) is 0 Å². The molecule has 6 heteroatoms. The number of hydrogen-bond donors (Lipinski definition) is 1. The molecule has 82 valence electrons. The zero-order valence-corrected chi connectivity index (χ0v) is 9.70. The molecule has 1 aliphatic heterocycles. The number of rotatable bonds is 1. The van der Waals surface area contributed by atoms with E-state index in [0.717, 1.165) is 5.56 Å². The highest BCUT2D eigenvalue weighted by Gasteiger charge is 2.24. The van der Waals surface area contributed by atoms with Crippen molar-refractivity contribution >= 4 is 22.0 Å². The lowest BCUT2D eigenvalue weighted by Crippen LogP contribution is -2.17. The molecule has 2 N–H and O–H groups in total. The molecule has 0 unspecified atom stereocenters. The fourth-order valence-corrected chi connectivity index (χ4v) is 2.18. The SMILES string of the molecule is N#Cc1c(OC(N)=O)cc(Br)c2c1CCO2.